The van der Waals surface area contributed by atoms with Gasteiger partial charge in [-0.1, -0.05) is 24.3 Å². The van der Waals surface area contributed by atoms with Crippen LogP contribution in [0.25, 0.3) is 22.3 Å². The Morgan fingerprint density at radius 2 is 1.76 bits per heavy atom. The minimum Gasteiger partial charge on any atom is -0.383 e. The van der Waals surface area contributed by atoms with Crippen molar-refractivity contribution in [2.24, 2.45) is 0 Å². The smallest absolute Gasteiger partial charge is 0.175 e. The van der Waals surface area contributed by atoms with Crippen LogP contribution in [-0.2, 0) is 9.84 Å². The van der Waals surface area contributed by atoms with Crippen molar-refractivity contribution >= 4 is 26.6 Å². The summed E-state index contributed by atoms with van der Waals surface area (Å²) < 4.78 is 23.3. The number of rotatable bonds is 2. The van der Waals surface area contributed by atoms with Crippen LogP contribution < -0.4 is 5.73 Å². The molecule has 106 valence electrons. The lowest BCUT2D eigenvalue weighted by Gasteiger charge is -2.06. The van der Waals surface area contributed by atoms with Crippen LogP contribution in [0.5, 0.6) is 0 Å². The van der Waals surface area contributed by atoms with E-state index in [0.717, 1.165) is 10.9 Å². The molecule has 0 spiro atoms. The molecule has 0 fully saturated rings. The number of aromatic nitrogens is 2. The highest BCUT2D eigenvalue weighted by Gasteiger charge is 2.11. The van der Waals surface area contributed by atoms with Gasteiger partial charge in [0.1, 0.15) is 5.82 Å². The third kappa shape index (κ3) is 2.57. The fraction of sp³-hybridized carbons (Fsp3) is 0.0667. The van der Waals surface area contributed by atoms with Crippen molar-refractivity contribution in [2.75, 3.05) is 12.0 Å². The fourth-order valence-electron chi connectivity index (χ4n) is 2.10. The van der Waals surface area contributed by atoms with Crippen molar-refractivity contribution in [3.8, 4) is 11.4 Å². The molecule has 0 saturated carbocycles. The van der Waals surface area contributed by atoms with Gasteiger partial charge in [0.15, 0.2) is 15.7 Å². The van der Waals surface area contributed by atoms with Crippen molar-refractivity contribution in [3.05, 3.63) is 48.5 Å². The minimum atomic E-state index is -3.27. The molecule has 2 aromatic carbocycles. The molecule has 0 bridgehead atoms. The predicted molar refractivity (Wildman–Crippen MR) is 82.5 cm³/mol. The SMILES string of the molecule is CS(=O)(=O)c1cccc(-c2nc(N)c3ccccc3n2)c1. The number of hydrogen-bond donors (Lipinski definition) is 1. The van der Waals surface area contributed by atoms with Gasteiger partial charge in [0.05, 0.1) is 10.4 Å². The molecule has 0 aliphatic carbocycles. The molecule has 3 aromatic rings. The van der Waals surface area contributed by atoms with Crippen LogP contribution in [0.15, 0.2) is 53.4 Å². The summed E-state index contributed by atoms with van der Waals surface area (Å²) in [5.41, 5.74) is 7.30. The van der Waals surface area contributed by atoms with Crippen molar-refractivity contribution < 1.29 is 8.42 Å². The van der Waals surface area contributed by atoms with E-state index in [1.54, 1.807) is 24.3 Å². The first-order valence-electron chi connectivity index (χ1n) is 6.28. The Kier molecular flexibility index (Phi) is 3.10. The molecule has 6 heteroatoms. The summed E-state index contributed by atoms with van der Waals surface area (Å²) in [7, 11) is -3.27. The summed E-state index contributed by atoms with van der Waals surface area (Å²) in [6.45, 7) is 0. The third-order valence-corrected chi connectivity index (χ3v) is 4.26. The van der Waals surface area contributed by atoms with Crippen molar-refractivity contribution in [3.63, 3.8) is 0 Å². The molecule has 0 unspecified atom stereocenters. The van der Waals surface area contributed by atoms with Gasteiger partial charge in [-0.2, -0.15) is 0 Å². The van der Waals surface area contributed by atoms with Gasteiger partial charge < -0.3 is 5.73 Å². The van der Waals surface area contributed by atoms with Crippen LogP contribution in [0.2, 0.25) is 0 Å². The number of nitrogens with zero attached hydrogens (tertiary/aromatic N) is 2. The quantitative estimate of drug-likeness (QED) is 0.784. The van der Waals surface area contributed by atoms with Crippen LogP contribution >= 0.6 is 0 Å². The molecule has 0 saturated heterocycles. The van der Waals surface area contributed by atoms with Crippen molar-refractivity contribution in [1.82, 2.24) is 9.97 Å². The zero-order valence-electron chi connectivity index (χ0n) is 11.3. The average molecular weight is 299 g/mol. The van der Waals surface area contributed by atoms with E-state index in [0.29, 0.717) is 17.2 Å². The summed E-state index contributed by atoms with van der Waals surface area (Å²) >= 11 is 0. The second-order valence-corrected chi connectivity index (χ2v) is 6.77. The fourth-order valence-corrected chi connectivity index (χ4v) is 2.76. The average Bonchev–Trinajstić information content (AvgIpc) is 2.46. The number of nitrogen functional groups attached to an aromatic ring is 1. The largest absolute Gasteiger partial charge is 0.383 e. The van der Waals surface area contributed by atoms with E-state index in [4.69, 9.17) is 5.73 Å². The first-order valence-corrected chi connectivity index (χ1v) is 8.17. The molecule has 5 nitrogen and oxygen atoms in total. The number of sulfone groups is 1. The third-order valence-electron chi connectivity index (χ3n) is 3.15. The predicted octanol–water partition coefficient (Wildman–Crippen LogP) is 2.28. The molecule has 0 aliphatic heterocycles. The summed E-state index contributed by atoms with van der Waals surface area (Å²) in [6, 6.07) is 14.0. The Bertz CT molecular complexity index is 937. The van der Waals surface area contributed by atoms with E-state index < -0.39 is 9.84 Å². The Hall–Kier alpha value is -2.47. The monoisotopic (exact) mass is 299 g/mol. The number of para-hydroxylation sites is 1. The second kappa shape index (κ2) is 4.82. The Balaban J connectivity index is 2.21. The molecule has 21 heavy (non-hydrogen) atoms. The maximum Gasteiger partial charge on any atom is 0.175 e. The first-order chi connectivity index (χ1) is 9.95. The summed E-state index contributed by atoms with van der Waals surface area (Å²) in [5.74, 6) is 0.789. The molecule has 0 amide bonds. The number of hydrogen-bond acceptors (Lipinski definition) is 5. The maximum absolute atomic E-state index is 11.6. The minimum absolute atomic E-state index is 0.232. The molecule has 3 rings (SSSR count). The van der Waals surface area contributed by atoms with Gasteiger partial charge in [-0.05, 0) is 24.3 Å². The van der Waals surface area contributed by atoms with E-state index in [2.05, 4.69) is 9.97 Å². The highest BCUT2D eigenvalue weighted by atomic mass is 32.2. The lowest BCUT2D eigenvalue weighted by Crippen LogP contribution is -2.00. The van der Waals surface area contributed by atoms with E-state index in [9.17, 15) is 8.42 Å². The normalized spacial score (nSPS) is 11.7. The summed E-state index contributed by atoms with van der Waals surface area (Å²) in [5, 5.41) is 0.778. The molecule has 0 atom stereocenters. The number of nitrogens with two attached hydrogens (primary N) is 1. The lowest BCUT2D eigenvalue weighted by atomic mass is 10.2. The van der Waals surface area contributed by atoms with Gasteiger partial charge in [0.2, 0.25) is 0 Å². The first kappa shape index (κ1) is 13.5. The highest BCUT2D eigenvalue weighted by Crippen LogP contribution is 2.24. The zero-order valence-corrected chi connectivity index (χ0v) is 12.1. The van der Waals surface area contributed by atoms with Crippen LogP contribution in [0.1, 0.15) is 0 Å². The molecule has 0 aliphatic rings. The summed E-state index contributed by atoms with van der Waals surface area (Å²) in [4.78, 5) is 8.94. The second-order valence-electron chi connectivity index (χ2n) is 4.75. The Morgan fingerprint density at radius 3 is 2.52 bits per heavy atom. The number of anilines is 1. The number of benzene rings is 2. The van der Waals surface area contributed by atoms with Crippen LogP contribution in [0, 0.1) is 0 Å². The summed E-state index contributed by atoms with van der Waals surface area (Å²) in [6.07, 6.45) is 1.17. The maximum atomic E-state index is 11.6. The molecule has 1 heterocycles. The van der Waals surface area contributed by atoms with Gasteiger partial charge in [-0.25, -0.2) is 18.4 Å². The van der Waals surface area contributed by atoms with Crippen molar-refractivity contribution in [2.45, 2.75) is 4.90 Å². The van der Waals surface area contributed by atoms with Gasteiger partial charge in [-0.3, -0.25) is 0 Å². The van der Waals surface area contributed by atoms with E-state index in [-0.39, 0.29) is 4.90 Å². The molecular weight excluding hydrogens is 286 g/mol. The van der Waals surface area contributed by atoms with Crippen LogP contribution in [-0.4, -0.2) is 24.6 Å². The highest BCUT2D eigenvalue weighted by molar-refractivity contribution is 7.90. The van der Waals surface area contributed by atoms with Gasteiger partial charge in [-0.15, -0.1) is 0 Å². The van der Waals surface area contributed by atoms with E-state index in [1.807, 2.05) is 24.3 Å². The Labute approximate surface area is 122 Å². The molecule has 0 radical (unpaired) electrons. The van der Waals surface area contributed by atoms with E-state index >= 15 is 0 Å². The standard InChI is InChI=1S/C15H13N3O2S/c1-21(19,20)11-6-4-5-10(9-11)15-17-13-8-3-2-7-12(13)14(16)18-15/h2-9H,1H3,(H2,16,17,18). The van der Waals surface area contributed by atoms with Gasteiger partial charge >= 0.3 is 0 Å². The molecule has 2 N–H and O–H groups in total. The molecular formula is C15H13N3O2S. The molecule has 1 aromatic heterocycles. The van der Waals surface area contributed by atoms with Gasteiger partial charge in [0.25, 0.3) is 0 Å². The lowest BCUT2D eigenvalue weighted by molar-refractivity contribution is 0.602. The zero-order chi connectivity index (χ0) is 15.0. The van der Waals surface area contributed by atoms with Crippen LogP contribution in [0.3, 0.4) is 0 Å². The Morgan fingerprint density at radius 1 is 1.00 bits per heavy atom. The van der Waals surface area contributed by atoms with Crippen LogP contribution in [0.4, 0.5) is 5.82 Å². The topological polar surface area (TPSA) is 85.9 Å². The van der Waals surface area contributed by atoms with Crippen molar-refractivity contribution in [1.29, 1.82) is 0 Å². The van der Waals surface area contributed by atoms with Gasteiger partial charge in [0, 0.05) is 17.2 Å². The van der Waals surface area contributed by atoms with E-state index in [1.165, 1.54) is 6.26 Å². The number of fused-ring (bicyclic) bond motifs is 1.